The summed E-state index contributed by atoms with van der Waals surface area (Å²) in [6, 6.07) is 29.1. The predicted octanol–water partition coefficient (Wildman–Crippen LogP) is 7.25. The van der Waals surface area contributed by atoms with E-state index >= 15 is 0 Å². The van der Waals surface area contributed by atoms with Crippen LogP contribution in [0, 0.1) is 0 Å². The number of carbonyl (C=O) groups excluding carboxylic acids is 2. The molecule has 11 heteroatoms. The standard InChI is InChI=1S/C36H37Cl2N3O5S/c1-47(44,45)41(28-19-21-30(22-20-28)46-29-15-6-3-7-16-29)25-35(42)40(24-31-32(37)17-10-18-33(31)38)34(23-26-11-4-2-5-12-26)36(43)39-27-13-8-9-14-27/h2-7,10-12,15-22,27,34H,8-9,13-14,23-25H2,1H3,(H,39,43)/t34-/m1/s1. The number of hydrogen-bond acceptors (Lipinski definition) is 5. The second-order valence-corrected chi connectivity index (χ2v) is 14.3. The van der Waals surface area contributed by atoms with Gasteiger partial charge in [-0.15, -0.1) is 0 Å². The molecule has 0 saturated heterocycles. The van der Waals surface area contributed by atoms with Crippen molar-refractivity contribution < 1.29 is 22.7 Å². The van der Waals surface area contributed by atoms with Gasteiger partial charge in [-0.3, -0.25) is 13.9 Å². The van der Waals surface area contributed by atoms with Gasteiger partial charge in [-0.2, -0.15) is 0 Å². The molecule has 8 nitrogen and oxygen atoms in total. The molecule has 0 aromatic heterocycles. The molecule has 1 aliphatic rings. The molecule has 0 heterocycles. The zero-order chi connectivity index (χ0) is 33.4. The SMILES string of the molecule is CS(=O)(=O)N(CC(=O)N(Cc1c(Cl)cccc1Cl)[C@H](Cc1ccccc1)C(=O)NC1CCCC1)c1ccc(Oc2ccccc2)cc1. The summed E-state index contributed by atoms with van der Waals surface area (Å²) >= 11 is 13.1. The van der Waals surface area contributed by atoms with Crippen LogP contribution in [0.25, 0.3) is 0 Å². The third-order valence-corrected chi connectivity index (χ3v) is 9.99. The molecule has 1 fully saturated rings. The number of amides is 2. The fourth-order valence-electron chi connectivity index (χ4n) is 5.69. The van der Waals surface area contributed by atoms with Gasteiger partial charge in [0, 0.05) is 34.6 Å². The van der Waals surface area contributed by atoms with Crippen molar-refractivity contribution in [1.82, 2.24) is 10.2 Å². The van der Waals surface area contributed by atoms with Crippen LogP contribution in [0.5, 0.6) is 11.5 Å². The second-order valence-electron chi connectivity index (χ2n) is 11.6. The monoisotopic (exact) mass is 693 g/mol. The van der Waals surface area contributed by atoms with Crippen LogP contribution < -0.4 is 14.4 Å². The van der Waals surface area contributed by atoms with E-state index in [1.165, 1.54) is 4.90 Å². The Labute approximate surface area is 286 Å². The summed E-state index contributed by atoms with van der Waals surface area (Å²) in [5.74, 6) is 0.231. The van der Waals surface area contributed by atoms with Crippen molar-refractivity contribution in [2.45, 2.75) is 50.7 Å². The number of ether oxygens (including phenoxy) is 1. The highest BCUT2D eigenvalue weighted by Gasteiger charge is 2.35. The summed E-state index contributed by atoms with van der Waals surface area (Å²) in [6.07, 6.45) is 5.00. The van der Waals surface area contributed by atoms with Crippen LogP contribution in [0.1, 0.15) is 36.8 Å². The molecule has 4 aromatic carbocycles. The van der Waals surface area contributed by atoms with E-state index in [2.05, 4.69) is 5.32 Å². The molecule has 0 radical (unpaired) electrons. The van der Waals surface area contributed by atoms with Crippen molar-refractivity contribution in [3.8, 4) is 11.5 Å². The highest BCUT2D eigenvalue weighted by molar-refractivity contribution is 7.92. The number of para-hydroxylation sites is 1. The minimum Gasteiger partial charge on any atom is -0.457 e. The lowest BCUT2D eigenvalue weighted by atomic mass is 10.0. The first kappa shape index (κ1) is 34.3. The molecule has 0 aliphatic heterocycles. The number of hydrogen-bond donors (Lipinski definition) is 1. The van der Waals surface area contributed by atoms with Gasteiger partial charge in [0.05, 0.1) is 11.9 Å². The number of halogens is 2. The molecule has 246 valence electrons. The van der Waals surface area contributed by atoms with Crippen molar-refractivity contribution in [3.63, 3.8) is 0 Å². The van der Waals surface area contributed by atoms with E-state index in [9.17, 15) is 18.0 Å². The van der Waals surface area contributed by atoms with Crippen LogP contribution in [0.3, 0.4) is 0 Å². The maximum Gasteiger partial charge on any atom is 0.244 e. The van der Waals surface area contributed by atoms with Crippen molar-refractivity contribution in [2.75, 3.05) is 17.1 Å². The second kappa shape index (κ2) is 15.7. The van der Waals surface area contributed by atoms with E-state index in [-0.39, 0.29) is 30.6 Å². The van der Waals surface area contributed by atoms with Crippen molar-refractivity contribution in [2.24, 2.45) is 0 Å². The number of benzene rings is 4. The highest BCUT2D eigenvalue weighted by atomic mass is 35.5. The molecule has 2 amide bonds. The number of nitrogens with one attached hydrogen (secondary N) is 1. The fraction of sp³-hybridized carbons (Fsp3) is 0.278. The van der Waals surface area contributed by atoms with Crippen LogP contribution in [0.15, 0.2) is 103 Å². The van der Waals surface area contributed by atoms with Gasteiger partial charge in [0.15, 0.2) is 0 Å². The molecule has 1 N–H and O–H groups in total. The summed E-state index contributed by atoms with van der Waals surface area (Å²) in [4.78, 5) is 29.8. The average molecular weight is 695 g/mol. The molecule has 4 aromatic rings. The van der Waals surface area contributed by atoms with Gasteiger partial charge in [-0.1, -0.05) is 90.6 Å². The van der Waals surface area contributed by atoms with E-state index in [0.29, 0.717) is 27.1 Å². The van der Waals surface area contributed by atoms with Crippen LogP contribution in [0.2, 0.25) is 10.0 Å². The molecule has 47 heavy (non-hydrogen) atoms. The van der Waals surface area contributed by atoms with Crippen molar-refractivity contribution >= 4 is 50.7 Å². The summed E-state index contributed by atoms with van der Waals surface area (Å²) in [6.45, 7) is -0.657. The van der Waals surface area contributed by atoms with Gasteiger partial charge < -0.3 is 15.0 Å². The first-order valence-electron chi connectivity index (χ1n) is 15.5. The van der Waals surface area contributed by atoms with Gasteiger partial charge in [0.2, 0.25) is 21.8 Å². The summed E-state index contributed by atoms with van der Waals surface area (Å²) in [5, 5.41) is 3.81. The van der Waals surface area contributed by atoms with Gasteiger partial charge >= 0.3 is 0 Å². The third kappa shape index (κ3) is 9.28. The summed E-state index contributed by atoms with van der Waals surface area (Å²) in [5.41, 5.74) is 1.58. The Balaban J connectivity index is 1.49. The third-order valence-electron chi connectivity index (χ3n) is 8.15. The van der Waals surface area contributed by atoms with E-state index in [1.807, 2.05) is 60.7 Å². The molecule has 1 saturated carbocycles. The van der Waals surface area contributed by atoms with Crippen LogP contribution in [-0.2, 0) is 32.6 Å². The Kier molecular flexibility index (Phi) is 11.4. The zero-order valence-electron chi connectivity index (χ0n) is 26.0. The minimum absolute atomic E-state index is 0.00534. The predicted molar refractivity (Wildman–Crippen MR) is 186 cm³/mol. The first-order valence-corrected chi connectivity index (χ1v) is 18.1. The van der Waals surface area contributed by atoms with Crippen molar-refractivity contribution in [3.05, 3.63) is 124 Å². The Bertz CT molecular complexity index is 1750. The smallest absolute Gasteiger partial charge is 0.244 e. The lowest BCUT2D eigenvalue weighted by Gasteiger charge is -2.34. The molecular formula is C36H37Cl2N3O5S. The summed E-state index contributed by atoms with van der Waals surface area (Å²) in [7, 11) is -3.94. The first-order chi connectivity index (χ1) is 22.6. The molecule has 0 bridgehead atoms. The van der Waals surface area contributed by atoms with Crippen LogP contribution in [-0.4, -0.2) is 50.0 Å². The number of sulfonamides is 1. The number of anilines is 1. The average Bonchev–Trinajstić information content (AvgIpc) is 3.56. The van der Waals surface area contributed by atoms with Gasteiger partial charge in [-0.05, 0) is 66.9 Å². The van der Waals surface area contributed by atoms with Gasteiger partial charge in [0.1, 0.15) is 24.1 Å². The fourth-order valence-corrected chi connectivity index (χ4v) is 7.06. The largest absolute Gasteiger partial charge is 0.457 e. The van der Waals surface area contributed by atoms with Gasteiger partial charge in [-0.25, -0.2) is 8.42 Å². The maximum atomic E-state index is 14.4. The Morgan fingerprint density at radius 2 is 1.40 bits per heavy atom. The molecule has 1 atom stereocenters. The number of carbonyl (C=O) groups is 2. The van der Waals surface area contributed by atoms with Crippen LogP contribution in [0.4, 0.5) is 5.69 Å². The molecule has 0 unspecified atom stereocenters. The van der Waals surface area contributed by atoms with Gasteiger partial charge in [0.25, 0.3) is 0 Å². The Morgan fingerprint density at radius 3 is 2.00 bits per heavy atom. The molecule has 0 spiro atoms. The molecule has 5 rings (SSSR count). The quantitative estimate of drug-likeness (QED) is 0.159. The highest BCUT2D eigenvalue weighted by Crippen LogP contribution is 2.29. The van der Waals surface area contributed by atoms with E-state index in [4.69, 9.17) is 27.9 Å². The number of rotatable bonds is 13. The lowest BCUT2D eigenvalue weighted by molar-refractivity contribution is -0.140. The van der Waals surface area contributed by atoms with E-state index < -0.39 is 28.5 Å². The maximum absolute atomic E-state index is 14.4. The van der Waals surface area contributed by atoms with Crippen molar-refractivity contribution in [1.29, 1.82) is 0 Å². The minimum atomic E-state index is -3.94. The number of nitrogens with zero attached hydrogens (tertiary/aromatic N) is 2. The summed E-state index contributed by atoms with van der Waals surface area (Å²) < 4.78 is 33.2. The lowest BCUT2D eigenvalue weighted by Crippen LogP contribution is -2.54. The molecule has 1 aliphatic carbocycles. The Hall–Kier alpha value is -4.05. The van der Waals surface area contributed by atoms with Crippen LogP contribution >= 0.6 is 23.2 Å². The normalized spacial score (nSPS) is 13.9. The van der Waals surface area contributed by atoms with E-state index in [1.54, 1.807) is 42.5 Å². The zero-order valence-corrected chi connectivity index (χ0v) is 28.3. The molecular weight excluding hydrogens is 657 g/mol. The Morgan fingerprint density at radius 1 is 0.830 bits per heavy atom. The van der Waals surface area contributed by atoms with E-state index in [0.717, 1.165) is 41.8 Å². The topological polar surface area (TPSA) is 96.0 Å².